The van der Waals surface area contributed by atoms with Crippen LogP contribution in [0.15, 0.2) is 42.5 Å². The SMILES string of the molecule is CC1(Cc2ccccc2)CC(=O)c2c(O)cc(N3CCOCC3)cc2O1. The summed E-state index contributed by atoms with van der Waals surface area (Å²) in [5.74, 6) is 0.396. The van der Waals surface area contributed by atoms with Gasteiger partial charge in [0, 0.05) is 37.3 Å². The normalized spacial score (nSPS) is 22.7. The van der Waals surface area contributed by atoms with Crippen LogP contribution in [-0.4, -0.2) is 42.8 Å². The second-order valence-corrected chi connectivity index (χ2v) is 7.25. The van der Waals surface area contributed by atoms with E-state index in [2.05, 4.69) is 4.90 Å². The highest BCUT2D eigenvalue weighted by Gasteiger charge is 2.38. The van der Waals surface area contributed by atoms with Crippen molar-refractivity contribution in [1.29, 1.82) is 0 Å². The van der Waals surface area contributed by atoms with Crippen LogP contribution in [0.4, 0.5) is 5.69 Å². The third kappa shape index (κ3) is 3.27. The van der Waals surface area contributed by atoms with Crippen LogP contribution in [0, 0.1) is 0 Å². The summed E-state index contributed by atoms with van der Waals surface area (Å²) in [7, 11) is 0. The number of morpholine rings is 1. The molecule has 0 radical (unpaired) electrons. The Bertz CT molecular complexity index is 814. The van der Waals surface area contributed by atoms with Gasteiger partial charge in [-0.25, -0.2) is 0 Å². The first-order valence-electron chi connectivity index (χ1n) is 9.00. The number of hydrogen-bond acceptors (Lipinski definition) is 5. The number of aromatic hydroxyl groups is 1. The van der Waals surface area contributed by atoms with Crippen molar-refractivity contribution in [1.82, 2.24) is 0 Å². The molecule has 2 aliphatic heterocycles. The van der Waals surface area contributed by atoms with Gasteiger partial charge in [0.15, 0.2) is 5.78 Å². The van der Waals surface area contributed by atoms with Gasteiger partial charge >= 0.3 is 0 Å². The number of Topliss-reactive ketones (excluding diaryl/α,β-unsaturated/α-hetero) is 1. The zero-order valence-corrected chi connectivity index (χ0v) is 14.9. The number of phenols is 1. The van der Waals surface area contributed by atoms with E-state index in [0.29, 0.717) is 30.9 Å². The number of fused-ring (bicyclic) bond motifs is 1. The first-order valence-corrected chi connectivity index (χ1v) is 9.00. The Labute approximate surface area is 153 Å². The van der Waals surface area contributed by atoms with E-state index in [1.54, 1.807) is 6.07 Å². The molecule has 1 N–H and O–H groups in total. The Morgan fingerprint density at radius 1 is 1.15 bits per heavy atom. The highest BCUT2D eigenvalue weighted by molar-refractivity contribution is 6.03. The van der Waals surface area contributed by atoms with E-state index in [-0.39, 0.29) is 18.0 Å². The fraction of sp³-hybridized carbons (Fsp3) is 0.381. The zero-order valence-electron chi connectivity index (χ0n) is 14.9. The van der Waals surface area contributed by atoms with E-state index in [4.69, 9.17) is 9.47 Å². The third-order valence-corrected chi connectivity index (χ3v) is 5.03. The van der Waals surface area contributed by atoms with Gasteiger partial charge in [0.05, 0.1) is 19.6 Å². The lowest BCUT2D eigenvalue weighted by Gasteiger charge is -2.36. The second-order valence-electron chi connectivity index (χ2n) is 7.25. The quantitative estimate of drug-likeness (QED) is 0.918. The molecule has 26 heavy (non-hydrogen) atoms. The van der Waals surface area contributed by atoms with Crippen molar-refractivity contribution in [2.24, 2.45) is 0 Å². The van der Waals surface area contributed by atoms with Crippen LogP contribution >= 0.6 is 0 Å². The predicted molar refractivity (Wildman–Crippen MR) is 99.3 cm³/mol. The molecule has 2 heterocycles. The summed E-state index contributed by atoms with van der Waals surface area (Å²) in [6, 6.07) is 13.6. The Morgan fingerprint density at radius 3 is 2.62 bits per heavy atom. The second kappa shape index (κ2) is 6.65. The molecule has 136 valence electrons. The number of nitrogens with zero attached hydrogens (tertiary/aromatic N) is 1. The highest BCUT2D eigenvalue weighted by atomic mass is 16.5. The standard InChI is InChI=1S/C21H23NO4/c1-21(13-15-5-3-2-4-6-15)14-18(24)20-17(23)11-16(12-19(20)26-21)22-7-9-25-10-8-22/h2-6,11-12,23H,7-10,13-14H2,1H3. The van der Waals surface area contributed by atoms with E-state index in [9.17, 15) is 9.90 Å². The number of carbonyl (C=O) groups is 1. The number of rotatable bonds is 3. The maximum Gasteiger partial charge on any atom is 0.174 e. The molecule has 0 aromatic heterocycles. The average molecular weight is 353 g/mol. The summed E-state index contributed by atoms with van der Waals surface area (Å²) in [5, 5.41) is 10.4. The van der Waals surface area contributed by atoms with Crippen molar-refractivity contribution in [2.45, 2.75) is 25.4 Å². The molecule has 1 atom stereocenters. The molecule has 5 nitrogen and oxygen atoms in total. The van der Waals surface area contributed by atoms with Crippen molar-refractivity contribution in [3.63, 3.8) is 0 Å². The summed E-state index contributed by atoms with van der Waals surface area (Å²) in [6.45, 7) is 4.78. The Morgan fingerprint density at radius 2 is 1.88 bits per heavy atom. The van der Waals surface area contributed by atoms with Gasteiger partial charge in [-0.3, -0.25) is 4.79 Å². The minimum atomic E-state index is -0.624. The topological polar surface area (TPSA) is 59.0 Å². The molecule has 5 heteroatoms. The molecule has 0 spiro atoms. The first-order chi connectivity index (χ1) is 12.5. The van der Waals surface area contributed by atoms with Crippen LogP contribution in [0.5, 0.6) is 11.5 Å². The summed E-state index contributed by atoms with van der Waals surface area (Å²) < 4.78 is 11.7. The van der Waals surface area contributed by atoms with Crippen molar-refractivity contribution >= 4 is 11.5 Å². The Hall–Kier alpha value is -2.53. The van der Waals surface area contributed by atoms with Gasteiger partial charge in [-0.05, 0) is 12.5 Å². The maximum absolute atomic E-state index is 12.7. The minimum Gasteiger partial charge on any atom is -0.507 e. The smallest absolute Gasteiger partial charge is 0.174 e. The highest BCUT2D eigenvalue weighted by Crippen LogP contribution is 2.42. The van der Waals surface area contributed by atoms with Crippen LogP contribution in [-0.2, 0) is 11.2 Å². The largest absolute Gasteiger partial charge is 0.507 e. The number of ketones is 1. The van der Waals surface area contributed by atoms with Gasteiger partial charge < -0.3 is 19.5 Å². The van der Waals surface area contributed by atoms with Crippen molar-refractivity contribution < 1.29 is 19.4 Å². The van der Waals surface area contributed by atoms with E-state index < -0.39 is 5.60 Å². The number of carbonyl (C=O) groups excluding carboxylic acids is 1. The van der Waals surface area contributed by atoms with Gasteiger partial charge in [0.2, 0.25) is 0 Å². The van der Waals surface area contributed by atoms with Crippen LogP contribution in [0.1, 0.15) is 29.3 Å². The monoisotopic (exact) mass is 353 g/mol. The molecule has 2 aliphatic rings. The first kappa shape index (κ1) is 16.9. The molecule has 4 rings (SSSR count). The number of ether oxygens (including phenoxy) is 2. The molecule has 2 aromatic carbocycles. The van der Waals surface area contributed by atoms with Crippen LogP contribution in [0.2, 0.25) is 0 Å². The van der Waals surface area contributed by atoms with Crippen molar-refractivity contribution in [2.75, 3.05) is 31.2 Å². The fourth-order valence-electron chi connectivity index (χ4n) is 3.81. The maximum atomic E-state index is 12.7. The molecule has 0 bridgehead atoms. The zero-order chi connectivity index (χ0) is 18.1. The van der Waals surface area contributed by atoms with E-state index in [1.165, 1.54) is 0 Å². The van der Waals surface area contributed by atoms with Gasteiger partial charge in [0.1, 0.15) is 22.7 Å². The van der Waals surface area contributed by atoms with E-state index in [1.807, 2.05) is 43.3 Å². The van der Waals surface area contributed by atoms with E-state index in [0.717, 1.165) is 24.3 Å². The average Bonchev–Trinajstić information content (AvgIpc) is 2.62. The molecule has 0 aliphatic carbocycles. The molecule has 0 amide bonds. The summed E-state index contributed by atoms with van der Waals surface area (Å²) in [6.07, 6.45) is 0.890. The molecule has 0 saturated carbocycles. The summed E-state index contributed by atoms with van der Waals surface area (Å²) in [4.78, 5) is 14.9. The molecule has 2 aromatic rings. The van der Waals surface area contributed by atoms with Gasteiger partial charge in [0.25, 0.3) is 0 Å². The predicted octanol–water partition coefficient (Wildman–Crippen LogP) is 3.20. The van der Waals surface area contributed by atoms with Crippen molar-refractivity contribution in [3.8, 4) is 11.5 Å². The number of phenolic OH excluding ortho intramolecular Hbond substituents is 1. The lowest BCUT2D eigenvalue weighted by Crippen LogP contribution is -2.41. The lowest BCUT2D eigenvalue weighted by atomic mass is 9.86. The van der Waals surface area contributed by atoms with Crippen molar-refractivity contribution in [3.05, 3.63) is 53.6 Å². The number of benzene rings is 2. The van der Waals surface area contributed by atoms with E-state index >= 15 is 0 Å². The fourth-order valence-corrected chi connectivity index (χ4v) is 3.81. The number of anilines is 1. The molecular weight excluding hydrogens is 330 g/mol. The van der Waals surface area contributed by atoms with Gasteiger partial charge in [-0.2, -0.15) is 0 Å². The van der Waals surface area contributed by atoms with Gasteiger partial charge in [-0.1, -0.05) is 30.3 Å². The lowest BCUT2D eigenvalue weighted by molar-refractivity contribution is 0.0518. The molecule has 1 unspecified atom stereocenters. The molecule has 1 saturated heterocycles. The summed E-state index contributed by atoms with van der Waals surface area (Å²) in [5.41, 5.74) is 1.66. The Kier molecular flexibility index (Phi) is 4.32. The van der Waals surface area contributed by atoms with Crippen LogP contribution in [0.3, 0.4) is 0 Å². The summed E-state index contributed by atoms with van der Waals surface area (Å²) >= 11 is 0. The minimum absolute atomic E-state index is 0.00393. The van der Waals surface area contributed by atoms with Crippen LogP contribution < -0.4 is 9.64 Å². The molecule has 1 fully saturated rings. The van der Waals surface area contributed by atoms with Crippen LogP contribution in [0.25, 0.3) is 0 Å². The molecular formula is C21H23NO4. The van der Waals surface area contributed by atoms with Gasteiger partial charge in [-0.15, -0.1) is 0 Å². The Balaban J connectivity index is 1.65. The number of hydrogen-bond donors (Lipinski definition) is 1. The third-order valence-electron chi connectivity index (χ3n) is 5.03.